The zero-order chi connectivity index (χ0) is 22.1. The van der Waals surface area contributed by atoms with Crippen LogP contribution in [0.4, 0.5) is 0 Å². The van der Waals surface area contributed by atoms with Crippen molar-refractivity contribution < 1.29 is 9.59 Å². The fourth-order valence-corrected chi connectivity index (χ4v) is 4.94. The topological polar surface area (TPSA) is 82.2 Å². The minimum absolute atomic E-state index is 0.0283. The van der Waals surface area contributed by atoms with Gasteiger partial charge in [-0.3, -0.25) is 14.6 Å². The molecule has 2 fully saturated rings. The van der Waals surface area contributed by atoms with Crippen molar-refractivity contribution in [1.29, 1.82) is 0 Å². The summed E-state index contributed by atoms with van der Waals surface area (Å²) < 4.78 is 0. The van der Waals surface area contributed by atoms with Crippen LogP contribution in [0.1, 0.15) is 53.3 Å². The number of benzene rings is 1. The fraction of sp³-hybridized carbons (Fsp3) is 0.440. The number of rotatable bonds is 3. The smallest absolute Gasteiger partial charge is 0.253 e. The van der Waals surface area contributed by atoms with Gasteiger partial charge in [0.2, 0.25) is 5.91 Å². The number of H-pyrrole nitrogens is 1. The number of amides is 2. The summed E-state index contributed by atoms with van der Waals surface area (Å²) >= 11 is 0. The average Bonchev–Trinajstić information content (AvgIpc) is 3.28. The van der Waals surface area contributed by atoms with Crippen molar-refractivity contribution >= 4 is 22.8 Å². The highest BCUT2D eigenvalue weighted by Crippen LogP contribution is 2.29. The van der Waals surface area contributed by atoms with Crippen LogP contribution in [0, 0.1) is 12.8 Å². The third kappa shape index (κ3) is 4.11. The van der Waals surface area contributed by atoms with E-state index < -0.39 is 0 Å². The lowest BCUT2D eigenvalue weighted by atomic mass is 9.92. The molecule has 7 nitrogen and oxygen atoms in total. The van der Waals surface area contributed by atoms with Crippen molar-refractivity contribution in [3.05, 3.63) is 59.7 Å². The van der Waals surface area contributed by atoms with Crippen LogP contribution in [-0.2, 0) is 4.79 Å². The normalized spacial score (nSPS) is 20.0. The second-order valence-electron chi connectivity index (χ2n) is 9.07. The first kappa shape index (κ1) is 20.7. The Labute approximate surface area is 187 Å². The second-order valence-corrected chi connectivity index (χ2v) is 9.07. The van der Waals surface area contributed by atoms with Gasteiger partial charge in [0.05, 0.1) is 23.1 Å². The predicted octanol–water partition coefficient (Wildman–Crippen LogP) is 3.52. The number of imidazole rings is 1. The maximum atomic E-state index is 13.2. The van der Waals surface area contributed by atoms with E-state index >= 15 is 0 Å². The summed E-state index contributed by atoms with van der Waals surface area (Å²) in [5.41, 5.74) is 3.73. The third-order valence-electron chi connectivity index (χ3n) is 6.85. The molecule has 0 spiro atoms. The van der Waals surface area contributed by atoms with E-state index in [0.29, 0.717) is 18.0 Å². The lowest BCUT2D eigenvalue weighted by Gasteiger charge is -2.37. The van der Waals surface area contributed by atoms with Gasteiger partial charge < -0.3 is 14.8 Å². The van der Waals surface area contributed by atoms with Gasteiger partial charge in [0.15, 0.2) is 0 Å². The number of hydrogen-bond acceptors (Lipinski definition) is 4. The van der Waals surface area contributed by atoms with Crippen molar-refractivity contribution in [3.8, 4) is 0 Å². The third-order valence-corrected chi connectivity index (χ3v) is 6.85. The molecule has 166 valence electrons. The molecule has 2 aliphatic heterocycles. The van der Waals surface area contributed by atoms with Gasteiger partial charge in [-0.1, -0.05) is 17.7 Å². The molecule has 1 atom stereocenters. The van der Waals surface area contributed by atoms with Crippen molar-refractivity contribution in [2.75, 3.05) is 26.2 Å². The Balaban J connectivity index is 1.19. The van der Waals surface area contributed by atoms with Gasteiger partial charge in [-0.05, 0) is 50.8 Å². The van der Waals surface area contributed by atoms with Crippen LogP contribution in [0.25, 0.3) is 11.0 Å². The zero-order valence-electron chi connectivity index (χ0n) is 18.5. The first-order valence-electron chi connectivity index (χ1n) is 11.5. The molecular weight excluding hydrogens is 402 g/mol. The van der Waals surface area contributed by atoms with E-state index in [1.165, 1.54) is 0 Å². The van der Waals surface area contributed by atoms with Crippen LogP contribution in [0.2, 0.25) is 0 Å². The molecule has 7 heteroatoms. The van der Waals surface area contributed by atoms with Crippen LogP contribution < -0.4 is 0 Å². The van der Waals surface area contributed by atoms with Gasteiger partial charge in [-0.25, -0.2) is 4.98 Å². The standard InChI is InChI=1S/C25H29N5O2/c1-17-4-6-19(7-5-17)24(31)30-12-2-3-20(16-30)25(32)29-13-9-18(10-14-29)23-27-21-8-11-26-15-22(21)28-23/h4-8,11,15,18,20H,2-3,9-10,12-14,16H2,1H3,(H,27,28). The largest absolute Gasteiger partial charge is 0.342 e. The molecule has 2 saturated heterocycles. The molecule has 2 aliphatic rings. The second kappa shape index (κ2) is 8.73. The van der Waals surface area contributed by atoms with E-state index in [1.54, 1.807) is 12.4 Å². The minimum Gasteiger partial charge on any atom is -0.342 e. The molecule has 1 N–H and O–H groups in total. The quantitative estimate of drug-likeness (QED) is 0.688. The Morgan fingerprint density at radius 3 is 2.53 bits per heavy atom. The van der Waals surface area contributed by atoms with Crippen molar-refractivity contribution in [1.82, 2.24) is 24.8 Å². The molecule has 2 amide bonds. The lowest BCUT2D eigenvalue weighted by molar-refractivity contribution is -0.138. The molecule has 0 saturated carbocycles. The van der Waals surface area contributed by atoms with Gasteiger partial charge >= 0.3 is 0 Å². The summed E-state index contributed by atoms with van der Waals surface area (Å²) in [5, 5.41) is 0. The molecule has 1 unspecified atom stereocenters. The number of nitrogens with zero attached hydrogens (tertiary/aromatic N) is 4. The van der Waals surface area contributed by atoms with Crippen LogP contribution in [0.15, 0.2) is 42.7 Å². The summed E-state index contributed by atoms with van der Waals surface area (Å²) in [4.78, 5) is 42.3. The number of carbonyl (C=O) groups excluding carboxylic acids is 2. The summed E-state index contributed by atoms with van der Waals surface area (Å²) in [7, 11) is 0. The van der Waals surface area contributed by atoms with Gasteiger partial charge in [0.25, 0.3) is 5.91 Å². The zero-order valence-corrected chi connectivity index (χ0v) is 18.5. The highest BCUT2D eigenvalue weighted by Gasteiger charge is 2.34. The Kier molecular flexibility index (Phi) is 5.64. The van der Waals surface area contributed by atoms with Crippen LogP contribution in [-0.4, -0.2) is 62.7 Å². The number of aryl methyl sites for hydroxylation is 1. The molecule has 2 aromatic heterocycles. The van der Waals surface area contributed by atoms with E-state index in [1.807, 2.05) is 47.1 Å². The number of aromatic nitrogens is 3. The summed E-state index contributed by atoms with van der Waals surface area (Å²) in [6, 6.07) is 9.59. The summed E-state index contributed by atoms with van der Waals surface area (Å²) in [6.07, 6.45) is 7.09. The van der Waals surface area contributed by atoms with Gasteiger partial charge in [0.1, 0.15) is 5.82 Å². The maximum Gasteiger partial charge on any atom is 0.253 e. The highest BCUT2D eigenvalue weighted by molar-refractivity contribution is 5.94. The van der Waals surface area contributed by atoms with E-state index in [4.69, 9.17) is 4.98 Å². The van der Waals surface area contributed by atoms with Crippen LogP contribution >= 0.6 is 0 Å². The van der Waals surface area contributed by atoms with Crippen molar-refractivity contribution in [2.24, 2.45) is 5.92 Å². The predicted molar refractivity (Wildman–Crippen MR) is 122 cm³/mol. The molecule has 0 aliphatic carbocycles. The number of pyridine rings is 1. The molecule has 5 rings (SSSR count). The molecular formula is C25H29N5O2. The van der Waals surface area contributed by atoms with Gasteiger partial charge in [0, 0.05) is 43.9 Å². The minimum atomic E-state index is -0.105. The molecule has 3 aromatic rings. The molecule has 0 radical (unpaired) electrons. The van der Waals surface area contributed by atoms with Crippen LogP contribution in [0.5, 0.6) is 0 Å². The summed E-state index contributed by atoms with van der Waals surface area (Å²) in [6.45, 7) is 4.72. The molecule has 1 aromatic carbocycles. The highest BCUT2D eigenvalue weighted by atomic mass is 16.2. The van der Waals surface area contributed by atoms with E-state index in [0.717, 1.165) is 67.7 Å². The molecule has 4 heterocycles. The van der Waals surface area contributed by atoms with E-state index in [2.05, 4.69) is 9.97 Å². The summed E-state index contributed by atoms with van der Waals surface area (Å²) in [5.74, 6) is 1.44. The maximum absolute atomic E-state index is 13.2. The van der Waals surface area contributed by atoms with E-state index in [-0.39, 0.29) is 17.7 Å². The van der Waals surface area contributed by atoms with Crippen molar-refractivity contribution in [3.63, 3.8) is 0 Å². The number of carbonyl (C=O) groups is 2. The molecule has 0 bridgehead atoms. The van der Waals surface area contributed by atoms with E-state index in [9.17, 15) is 9.59 Å². The number of nitrogens with one attached hydrogen (secondary N) is 1. The SMILES string of the molecule is Cc1ccc(C(=O)N2CCCC(C(=O)N3CCC(c4nc5ccncc5[nH]4)CC3)C2)cc1. The molecule has 32 heavy (non-hydrogen) atoms. The lowest BCUT2D eigenvalue weighted by Crippen LogP contribution is -2.48. The number of hydrogen-bond donors (Lipinski definition) is 1. The monoisotopic (exact) mass is 431 g/mol. The Hall–Kier alpha value is -3.22. The number of fused-ring (bicyclic) bond motifs is 1. The Morgan fingerprint density at radius 2 is 1.78 bits per heavy atom. The van der Waals surface area contributed by atoms with Gasteiger partial charge in [-0.15, -0.1) is 0 Å². The first-order valence-corrected chi connectivity index (χ1v) is 11.5. The fourth-order valence-electron chi connectivity index (χ4n) is 4.94. The number of aromatic amines is 1. The first-order chi connectivity index (χ1) is 15.6. The Morgan fingerprint density at radius 1 is 1.00 bits per heavy atom. The van der Waals surface area contributed by atoms with Crippen molar-refractivity contribution in [2.45, 2.75) is 38.5 Å². The Bertz CT molecular complexity index is 1080. The van der Waals surface area contributed by atoms with Gasteiger partial charge in [-0.2, -0.15) is 0 Å². The average molecular weight is 432 g/mol. The van der Waals surface area contributed by atoms with Crippen LogP contribution in [0.3, 0.4) is 0 Å². The number of likely N-dealkylation sites (tertiary alicyclic amines) is 2. The number of piperidine rings is 2.